The average molecular weight is 1450 g/mol. The maximum atomic E-state index is 13.0. The molecule has 8 heterocycles. The second-order valence-electron chi connectivity index (χ2n) is 30.8. The number of fused-ring (bicyclic) bond motifs is 4. The first kappa shape index (κ1) is 76.9. The molecule has 0 radical (unpaired) electrons. The number of hydrogen-bond acceptors (Lipinski definition) is 17. The zero-order valence-corrected chi connectivity index (χ0v) is 63.0. The van der Waals surface area contributed by atoms with Crippen LogP contribution in [0.4, 0.5) is 32.3 Å². The van der Waals surface area contributed by atoms with Crippen LogP contribution in [-0.4, -0.2) is 235 Å². The summed E-state index contributed by atoms with van der Waals surface area (Å²) < 4.78 is 10.8. The molecule has 0 aromatic heterocycles. The molecule has 564 valence electrons. The van der Waals surface area contributed by atoms with E-state index in [9.17, 15) is 33.9 Å². The Kier molecular flexibility index (Phi) is 25.4. The van der Waals surface area contributed by atoms with Crippen molar-refractivity contribution in [1.29, 1.82) is 0 Å². The van der Waals surface area contributed by atoms with Crippen LogP contribution in [-0.2, 0) is 35.2 Å². The molecular formula is C84H104N14O9. The molecule has 6 aromatic carbocycles. The normalized spacial score (nSPS) is 17.3. The quantitative estimate of drug-likeness (QED) is 0.0505. The lowest BCUT2D eigenvalue weighted by Crippen LogP contribution is -2.51. The lowest BCUT2D eigenvalue weighted by Gasteiger charge is -2.35. The molecule has 0 spiro atoms. The summed E-state index contributed by atoms with van der Waals surface area (Å²) in [4.78, 5) is 106. The monoisotopic (exact) mass is 1450 g/mol. The summed E-state index contributed by atoms with van der Waals surface area (Å²) in [6.45, 7) is 27.7. The summed E-state index contributed by atoms with van der Waals surface area (Å²) in [5, 5.41) is 18.5. The number of aliphatic imine (C=N–C) groups is 4. The molecule has 23 heteroatoms. The van der Waals surface area contributed by atoms with Gasteiger partial charge in [-0.15, -0.1) is 0 Å². The molecule has 0 unspecified atom stereocenters. The van der Waals surface area contributed by atoms with Crippen molar-refractivity contribution in [2.75, 3.05) is 131 Å². The van der Waals surface area contributed by atoms with Crippen LogP contribution in [0.25, 0.3) is 0 Å². The molecule has 4 fully saturated rings. The van der Waals surface area contributed by atoms with E-state index in [1.807, 2.05) is 108 Å². The van der Waals surface area contributed by atoms with Crippen molar-refractivity contribution in [2.45, 2.75) is 117 Å². The van der Waals surface area contributed by atoms with Crippen LogP contribution in [0.3, 0.4) is 0 Å². The number of nitrogens with zero attached hydrogens (tertiary/aromatic N) is 10. The van der Waals surface area contributed by atoms with Crippen molar-refractivity contribution >= 4 is 81.5 Å². The summed E-state index contributed by atoms with van der Waals surface area (Å²) >= 11 is 0. The SMILES string of the molecule is CC(C)(C)OC(=O)N1CCN(CCN)CC1.CC(C)(C)OC(=O)N1CCN(CCNC(=O)c2ccc3c(c2)CC(c2ccc(C4=Nc5ccc(C(=O)NCCN6CCCCC6)cc5C4)cc2)=N3)CC1.O=C(O)c1ccc2c(c1)CC(c1ccc(C3=Nc4ccc(C(=O)NCCN5CCCCC5)cc4C3)cc1)=N2. The topological polar surface area (TPSA) is 272 Å². The number of piperazine rings is 2. The summed E-state index contributed by atoms with van der Waals surface area (Å²) in [5.41, 5.74) is 22.6. The summed E-state index contributed by atoms with van der Waals surface area (Å²) in [5.74, 6) is -1.09. The van der Waals surface area contributed by atoms with Gasteiger partial charge in [0.1, 0.15) is 11.2 Å². The third-order valence-corrected chi connectivity index (χ3v) is 20.4. The Hall–Kier alpha value is -9.78. The van der Waals surface area contributed by atoms with Gasteiger partial charge in [0.15, 0.2) is 0 Å². The third-order valence-electron chi connectivity index (χ3n) is 20.4. The molecule has 6 N–H and O–H groups in total. The van der Waals surface area contributed by atoms with Gasteiger partial charge in [-0.05, 0) is 211 Å². The summed E-state index contributed by atoms with van der Waals surface area (Å²) in [6, 6.07) is 38.9. The number of hydrogen-bond donors (Lipinski definition) is 5. The van der Waals surface area contributed by atoms with Gasteiger partial charge >= 0.3 is 18.2 Å². The zero-order valence-electron chi connectivity index (χ0n) is 63.0. The van der Waals surface area contributed by atoms with Crippen LogP contribution in [0.15, 0.2) is 141 Å². The van der Waals surface area contributed by atoms with Gasteiger partial charge in [-0.1, -0.05) is 61.4 Å². The van der Waals surface area contributed by atoms with Crippen molar-refractivity contribution in [3.05, 3.63) is 188 Å². The van der Waals surface area contributed by atoms with E-state index in [1.165, 1.54) is 38.5 Å². The molecule has 0 saturated carbocycles. The van der Waals surface area contributed by atoms with Crippen LogP contribution < -0.4 is 21.7 Å². The number of carboxylic acids is 1. The van der Waals surface area contributed by atoms with E-state index in [-0.39, 0.29) is 35.5 Å². The number of carboxylic acid groups (broad SMARTS) is 1. The molecular weight excluding hydrogens is 1350 g/mol. The van der Waals surface area contributed by atoms with Crippen LogP contribution in [0.2, 0.25) is 0 Å². The number of amides is 5. The third kappa shape index (κ3) is 21.1. The highest BCUT2D eigenvalue weighted by Crippen LogP contribution is 2.35. The molecule has 23 nitrogen and oxygen atoms in total. The molecule has 6 aromatic rings. The number of rotatable bonds is 19. The summed E-state index contributed by atoms with van der Waals surface area (Å²) in [7, 11) is 0. The number of benzene rings is 6. The number of nitrogens with two attached hydrogens (primary N) is 1. The van der Waals surface area contributed by atoms with Gasteiger partial charge in [0, 0.05) is 147 Å². The first-order chi connectivity index (χ1) is 51.5. The molecule has 4 saturated heterocycles. The van der Waals surface area contributed by atoms with Gasteiger partial charge in [-0.25, -0.2) is 14.4 Å². The van der Waals surface area contributed by atoms with Crippen molar-refractivity contribution in [3.8, 4) is 0 Å². The van der Waals surface area contributed by atoms with Crippen molar-refractivity contribution in [3.63, 3.8) is 0 Å². The predicted octanol–water partition coefficient (Wildman–Crippen LogP) is 11.0. The Morgan fingerprint density at radius 1 is 0.374 bits per heavy atom. The Morgan fingerprint density at radius 2 is 0.645 bits per heavy atom. The number of carbonyl (C=O) groups is 6. The Bertz CT molecular complexity index is 4340. The fourth-order valence-electron chi connectivity index (χ4n) is 14.5. The standard InChI is InChI=1S/C42H51N7O4.C31H30N4O3.C11H23N3O2/c1-42(2,3)53-41(52)49-23-21-48(22-24-49)20-16-44-40(51)32-12-14-36-34(26-32)28-38(46-36)30-9-7-29(8-10-30)37-27-33-25-31(11-13-35(33)45-37)39(50)43-15-19-47-17-5-4-6-18-47;36-30(32-12-15-35-13-2-1-3-14-35)22-8-10-26-24(16-22)18-28(33-26)20-4-6-21(7-5-20)29-19-25-17-23(31(37)38)9-11-27(25)34-29;1-11(2,3)16-10(15)14-8-6-13(5-4-12)7-9-14/h7-14,25-26H,4-6,15-24,27-28H2,1-3H3,(H,43,50)(H,44,51);4-11,16-17H,1-3,12-15,18-19H2,(H,32,36)(H,37,38);4-9,12H2,1-3H3. The van der Waals surface area contributed by atoms with Crippen molar-refractivity contribution in [1.82, 2.24) is 45.3 Å². The number of piperidine rings is 2. The first-order valence-corrected chi connectivity index (χ1v) is 38.2. The van der Waals surface area contributed by atoms with Gasteiger partial charge in [-0.2, -0.15) is 0 Å². The first-order valence-electron chi connectivity index (χ1n) is 38.2. The molecule has 0 bridgehead atoms. The molecule has 14 rings (SSSR count). The second-order valence-corrected chi connectivity index (χ2v) is 30.8. The number of likely N-dealkylation sites (tertiary alicyclic amines) is 2. The van der Waals surface area contributed by atoms with Crippen LogP contribution in [0.1, 0.15) is 166 Å². The molecule has 5 amide bonds. The molecule has 0 aliphatic carbocycles. The van der Waals surface area contributed by atoms with E-state index in [0.29, 0.717) is 81.6 Å². The van der Waals surface area contributed by atoms with Crippen molar-refractivity contribution < 1.29 is 43.3 Å². The summed E-state index contributed by atoms with van der Waals surface area (Å²) in [6.07, 6.45) is 9.79. The molecule has 107 heavy (non-hydrogen) atoms. The van der Waals surface area contributed by atoms with E-state index in [4.69, 9.17) is 35.2 Å². The number of carbonyl (C=O) groups excluding carboxylic acids is 5. The minimum Gasteiger partial charge on any atom is -0.478 e. The van der Waals surface area contributed by atoms with Gasteiger partial charge in [0.05, 0.1) is 51.2 Å². The van der Waals surface area contributed by atoms with Gasteiger partial charge in [0.2, 0.25) is 0 Å². The second kappa shape index (κ2) is 35.3. The van der Waals surface area contributed by atoms with Crippen LogP contribution >= 0.6 is 0 Å². The maximum absolute atomic E-state index is 13.0. The van der Waals surface area contributed by atoms with E-state index < -0.39 is 17.2 Å². The average Bonchev–Trinajstić information content (AvgIpc) is 1.66. The fourth-order valence-corrected chi connectivity index (χ4v) is 14.5. The smallest absolute Gasteiger partial charge is 0.410 e. The van der Waals surface area contributed by atoms with E-state index in [2.05, 4.69) is 71.9 Å². The van der Waals surface area contributed by atoms with E-state index >= 15 is 0 Å². The lowest BCUT2D eigenvalue weighted by molar-refractivity contribution is 0.0137. The Morgan fingerprint density at radius 3 is 0.925 bits per heavy atom. The maximum Gasteiger partial charge on any atom is 0.410 e. The van der Waals surface area contributed by atoms with Gasteiger partial charge < -0.3 is 55.9 Å². The number of aromatic carboxylic acids is 1. The Balaban J connectivity index is 0.000000172. The highest BCUT2D eigenvalue weighted by atomic mass is 16.6. The van der Waals surface area contributed by atoms with Crippen LogP contribution in [0, 0.1) is 0 Å². The highest BCUT2D eigenvalue weighted by Gasteiger charge is 2.30. The van der Waals surface area contributed by atoms with E-state index in [0.717, 1.165) is 182 Å². The fraction of sp³-hybridized carbons (Fsp3) is 0.452. The molecule has 8 aliphatic rings. The van der Waals surface area contributed by atoms with Gasteiger partial charge in [-0.3, -0.25) is 44.2 Å². The minimum absolute atomic E-state index is 0.0302. The number of ether oxygens (including phenoxy) is 2. The Labute approximate surface area is 628 Å². The molecule has 0 atom stereocenters. The lowest BCUT2D eigenvalue weighted by atomic mass is 9.98. The minimum atomic E-state index is -0.926. The van der Waals surface area contributed by atoms with E-state index in [1.54, 1.807) is 28.0 Å². The zero-order chi connectivity index (χ0) is 75.2. The van der Waals surface area contributed by atoms with Gasteiger partial charge in [0.25, 0.3) is 17.7 Å². The van der Waals surface area contributed by atoms with Crippen molar-refractivity contribution in [2.24, 2.45) is 25.7 Å². The highest BCUT2D eigenvalue weighted by molar-refractivity contribution is 6.12. The molecule has 8 aliphatic heterocycles. The largest absolute Gasteiger partial charge is 0.478 e. The predicted molar refractivity (Wildman–Crippen MR) is 420 cm³/mol. The number of nitrogens with one attached hydrogen (secondary N) is 3. The van der Waals surface area contributed by atoms with Crippen LogP contribution in [0.5, 0.6) is 0 Å².